The molecule has 1 aliphatic heterocycles. The molecule has 2 aromatic rings. The van der Waals surface area contributed by atoms with Crippen LogP contribution in [-0.4, -0.2) is 55.4 Å². The number of halogens is 4. The number of ether oxygens (including phenoxy) is 2. The Kier molecular flexibility index (Phi) is 5.50. The molecule has 9 nitrogen and oxygen atoms in total. The number of hydrogen-bond donors (Lipinski definition) is 3. The molecule has 0 saturated carbocycles. The van der Waals surface area contributed by atoms with Crippen LogP contribution in [0.1, 0.15) is 23.0 Å². The Bertz CT molecular complexity index is 1200. The average Bonchev–Trinajstić information content (AvgIpc) is 2.68. The number of hydrogen-bond acceptors (Lipinski definition) is 8. The summed E-state index contributed by atoms with van der Waals surface area (Å²) in [5, 5.41) is 12.7. The predicted molar refractivity (Wildman–Crippen MR) is 103 cm³/mol. The van der Waals surface area contributed by atoms with Gasteiger partial charge < -0.3 is 19.9 Å². The topological polar surface area (TPSA) is 123 Å². The lowest BCUT2D eigenvalue weighted by Crippen LogP contribution is -2.51. The van der Waals surface area contributed by atoms with Crippen LogP contribution in [0, 0.1) is 5.82 Å². The van der Waals surface area contributed by atoms with Gasteiger partial charge in [0.05, 0.1) is 23.8 Å². The molecule has 2 heterocycles. The van der Waals surface area contributed by atoms with Crippen molar-refractivity contribution in [3.05, 3.63) is 35.8 Å². The summed E-state index contributed by atoms with van der Waals surface area (Å²) < 4.78 is 112. The average molecular weight is 483 g/mol. The Hall–Kier alpha value is -2.55. The van der Waals surface area contributed by atoms with Crippen molar-refractivity contribution < 1.29 is 44.7 Å². The second kappa shape index (κ2) is 8.77. The van der Waals surface area contributed by atoms with Crippen molar-refractivity contribution >= 4 is 21.7 Å². The van der Waals surface area contributed by atoms with Crippen LogP contribution in [0.2, 0.25) is 0 Å². The molecule has 176 valence electrons. The van der Waals surface area contributed by atoms with E-state index < -0.39 is 68.7 Å². The van der Waals surface area contributed by atoms with Gasteiger partial charge in [0.2, 0.25) is 21.9 Å². The van der Waals surface area contributed by atoms with Gasteiger partial charge in [0.25, 0.3) is 0 Å². The molecular formula is C18H20F4N4O5S. The van der Waals surface area contributed by atoms with Gasteiger partial charge in [0, 0.05) is 16.7 Å². The molecule has 1 aromatic heterocycles. The summed E-state index contributed by atoms with van der Waals surface area (Å²) in [6, 6.07) is 2.30. The number of rotatable bonds is 6. The fraction of sp³-hybridized carbons (Fsp3) is 0.444. The first-order chi connectivity index (χ1) is 16.0. The summed E-state index contributed by atoms with van der Waals surface area (Å²) in [5.41, 5.74) is -3.35. The van der Waals surface area contributed by atoms with Crippen molar-refractivity contribution in [3.63, 3.8) is 0 Å². The van der Waals surface area contributed by atoms with Crippen molar-refractivity contribution in [3.8, 4) is 5.88 Å². The second-order valence-electron chi connectivity index (χ2n) is 7.09. The van der Waals surface area contributed by atoms with Crippen LogP contribution in [0.3, 0.4) is 0 Å². The Morgan fingerprint density at radius 3 is 2.78 bits per heavy atom. The van der Waals surface area contributed by atoms with E-state index in [1.807, 2.05) is 0 Å². The molecule has 1 aliphatic rings. The summed E-state index contributed by atoms with van der Waals surface area (Å²) >= 11 is 0. The number of alkyl halides is 3. The van der Waals surface area contributed by atoms with Gasteiger partial charge in [-0.25, -0.2) is 22.5 Å². The molecule has 0 spiro atoms. The Morgan fingerprint density at radius 2 is 2.16 bits per heavy atom. The third-order valence-electron chi connectivity index (χ3n) is 4.56. The zero-order valence-electron chi connectivity index (χ0n) is 19.4. The monoisotopic (exact) mass is 483 g/mol. The fourth-order valence-corrected chi connectivity index (χ4v) is 3.47. The zero-order valence-corrected chi connectivity index (χ0v) is 17.2. The number of benzene rings is 1. The first kappa shape index (κ1) is 20.1. The minimum absolute atomic E-state index is 0.0753. The van der Waals surface area contributed by atoms with E-state index in [4.69, 9.17) is 13.6 Å². The first-order valence-electron chi connectivity index (χ1n) is 10.5. The van der Waals surface area contributed by atoms with Crippen LogP contribution >= 0.6 is 0 Å². The van der Waals surface area contributed by atoms with Crippen molar-refractivity contribution in [2.45, 2.75) is 36.1 Å². The summed E-state index contributed by atoms with van der Waals surface area (Å²) in [4.78, 5) is 6.48. The lowest BCUT2D eigenvalue weighted by molar-refractivity contribution is -0.152. The van der Waals surface area contributed by atoms with Crippen LogP contribution in [0.4, 0.5) is 29.2 Å². The van der Waals surface area contributed by atoms with E-state index in [0.29, 0.717) is 12.3 Å². The van der Waals surface area contributed by atoms with Gasteiger partial charge in [0.15, 0.2) is 0 Å². The minimum atomic E-state index is -4.90. The smallest absolute Gasteiger partial charge is 0.423 e. The van der Waals surface area contributed by atoms with Crippen LogP contribution in [0.15, 0.2) is 29.3 Å². The van der Waals surface area contributed by atoms with E-state index in [2.05, 4.69) is 15.3 Å². The SMILES string of the molecule is [2H]C([2H])([2H])NS(=O)(=O)c1ccc(Nc2ncc(C(F)(F)F)c(O[C@@H]3CCOC[C@]3(C)O)n2)c(F)c1. The fourth-order valence-electron chi connectivity index (χ4n) is 2.85. The van der Waals surface area contributed by atoms with Crippen molar-refractivity contribution in [2.75, 3.05) is 25.5 Å². The Labute approximate surface area is 185 Å². The van der Waals surface area contributed by atoms with Gasteiger partial charge in [0.1, 0.15) is 23.1 Å². The number of nitrogens with zero attached hydrogens (tertiary/aromatic N) is 2. The van der Waals surface area contributed by atoms with E-state index in [-0.39, 0.29) is 19.6 Å². The zero-order chi connectivity index (χ0) is 26.2. The molecule has 1 aromatic carbocycles. The highest BCUT2D eigenvalue weighted by Gasteiger charge is 2.41. The largest absolute Gasteiger partial charge is 0.471 e. The summed E-state index contributed by atoms with van der Waals surface area (Å²) in [6.45, 7) is -1.76. The lowest BCUT2D eigenvalue weighted by Gasteiger charge is -2.36. The van der Waals surface area contributed by atoms with Gasteiger partial charge in [-0.1, -0.05) is 0 Å². The summed E-state index contributed by atoms with van der Waals surface area (Å²) in [5.74, 6) is -2.62. The number of aromatic nitrogens is 2. The van der Waals surface area contributed by atoms with E-state index in [1.165, 1.54) is 11.6 Å². The molecule has 1 fully saturated rings. The molecule has 0 amide bonds. The number of nitrogens with one attached hydrogen (secondary N) is 2. The molecule has 3 N–H and O–H groups in total. The molecule has 1 saturated heterocycles. The highest BCUT2D eigenvalue weighted by molar-refractivity contribution is 7.89. The van der Waals surface area contributed by atoms with E-state index >= 15 is 0 Å². The van der Waals surface area contributed by atoms with Gasteiger partial charge in [-0.2, -0.15) is 18.2 Å². The molecule has 0 aliphatic carbocycles. The van der Waals surface area contributed by atoms with E-state index in [9.17, 15) is 31.1 Å². The third kappa shape index (κ3) is 5.26. The molecule has 0 bridgehead atoms. The number of aliphatic hydroxyl groups is 1. The molecule has 14 heteroatoms. The Morgan fingerprint density at radius 1 is 1.41 bits per heavy atom. The van der Waals surface area contributed by atoms with Crippen molar-refractivity contribution in [1.29, 1.82) is 0 Å². The van der Waals surface area contributed by atoms with Gasteiger partial charge >= 0.3 is 6.18 Å². The first-order valence-corrected chi connectivity index (χ1v) is 10.5. The normalized spacial score (nSPS) is 23.7. The van der Waals surface area contributed by atoms with Gasteiger partial charge in [-0.3, -0.25) is 0 Å². The molecular weight excluding hydrogens is 460 g/mol. The summed E-state index contributed by atoms with van der Waals surface area (Å²) in [6.07, 6.45) is -5.50. The maximum absolute atomic E-state index is 14.5. The molecule has 0 radical (unpaired) electrons. The maximum atomic E-state index is 14.5. The highest BCUT2D eigenvalue weighted by Crippen LogP contribution is 2.37. The standard InChI is InChI=1S/C18H20F4N4O5S/c1-17(27)9-30-6-5-14(17)31-15-11(18(20,21)22)8-24-16(26-15)25-13-4-3-10(7-12(13)19)32(28,29)23-2/h3-4,7-8,14,23,27H,5-6,9H2,1-2H3,(H,24,25,26)/t14-,17+/m1/s1/i2D3. The van der Waals surface area contributed by atoms with Crippen LogP contribution in [0.25, 0.3) is 0 Å². The maximum Gasteiger partial charge on any atom is 0.423 e. The summed E-state index contributed by atoms with van der Waals surface area (Å²) in [7, 11) is -4.58. The van der Waals surface area contributed by atoms with Crippen LogP contribution < -0.4 is 14.8 Å². The number of anilines is 2. The van der Waals surface area contributed by atoms with Crippen molar-refractivity contribution in [1.82, 2.24) is 14.7 Å². The number of sulfonamides is 1. The minimum Gasteiger partial charge on any atom is -0.471 e. The van der Waals surface area contributed by atoms with E-state index in [1.54, 1.807) is 0 Å². The second-order valence-corrected chi connectivity index (χ2v) is 8.77. The van der Waals surface area contributed by atoms with Crippen molar-refractivity contribution in [2.24, 2.45) is 0 Å². The van der Waals surface area contributed by atoms with Crippen LogP contribution in [0.5, 0.6) is 5.88 Å². The lowest BCUT2D eigenvalue weighted by atomic mass is 9.95. The molecule has 3 rings (SSSR count). The van der Waals surface area contributed by atoms with Crippen LogP contribution in [-0.2, 0) is 20.9 Å². The Balaban J connectivity index is 1.90. The molecule has 32 heavy (non-hydrogen) atoms. The van der Waals surface area contributed by atoms with Gasteiger partial charge in [-0.15, -0.1) is 0 Å². The third-order valence-corrected chi connectivity index (χ3v) is 5.70. The highest BCUT2D eigenvalue weighted by atomic mass is 32.2. The van der Waals surface area contributed by atoms with E-state index in [0.717, 1.165) is 12.1 Å². The molecule has 0 unspecified atom stereocenters. The quantitative estimate of drug-likeness (QED) is 0.535. The van der Waals surface area contributed by atoms with Gasteiger partial charge in [-0.05, 0) is 32.1 Å². The molecule has 2 atom stereocenters. The predicted octanol–water partition coefficient (Wildman–Crippen LogP) is 2.20.